The fourth-order valence-corrected chi connectivity index (χ4v) is 1.51. The lowest BCUT2D eigenvalue weighted by molar-refractivity contribution is -0.353. The van der Waals surface area contributed by atoms with Crippen LogP contribution in [0.15, 0.2) is 24.3 Å². The highest BCUT2D eigenvalue weighted by molar-refractivity contribution is 5.33. The Morgan fingerprint density at radius 3 is 1.65 bits per heavy atom. The van der Waals surface area contributed by atoms with Crippen LogP contribution in [0.5, 0.6) is 0 Å². The Labute approximate surface area is 109 Å². The fraction of sp³-hybridized carbons (Fsp3) is 0.417. The molecule has 0 saturated carbocycles. The third-order valence-electron chi connectivity index (χ3n) is 3.02. The topological polar surface area (TPSA) is 23.8 Å². The third-order valence-corrected chi connectivity index (χ3v) is 3.02. The molecule has 0 heterocycles. The second-order valence-corrected chi connectivity index (χ2v) is 4.29. The Morgan fingerprint density at radius 1 is 0.950 bits per heavy atom. The van der Waals surface area contributed by atoms with E-state index in [2.05, 4.69) is 0 Å². The van der Waals surface area contributed by atoms with Crippen LogP contribution in [0.3, 0.4) is 0 Å². The smallest absolute Gasteiger partial charge is 0.241 e. The average Bonchev–Trinajstić information content (AvgIpc) is 2.34. The normalized spacial score (nSPS) is 14.8. The molecule has 0 amide bonds. The molecule has 1 aromatic carbocycles. The summed E-state index contributed by atoms with van der Waals surface area (Å²) in [5, 5.41) is 8.48. The van der Waals surface area contributed by atoms with E-state index in [0.29, 0.717) is 0 Å². The quantitative estimate of drug-likeness (QED) is 0.726. The molecule has 0 aliphatic carbocycles. The van der Waals surface area contributed by atoms with Crippen molar-refractivity contribution < 1.29 is 30.7 Å². The van der Waals surface area contributed by atoms with Gasteiger partial charge in [0.2, 0.25) is 0 Å². The highest BCUT2D eigenvalue weighted by Gasteiger charge is 2.72. The summed E-state index contributed by atoms with van der Waals surface area (Å²) < 4.78 is 89.9. The summed E-state index contributed by atoms with van der Waals surface area (Å²) in [5.74, 6) is 0. The van der Waals surface area contributed by atoms with E-state index in [9.17, 15) is 30.7 Å². The van der Waals surface area contributed by atoms with Crippen molar-refractivity contribution in [2.75, 3.05) is 0 Å². The van der Waals surface area contributed by atoms with E-state index < -0.39 is 29.5 Å². The maximum Gasteiger partial charge on any atom is 0.406 e. The van der Waals surface area contributed by atoms with Crippen LogP contribution >= 0.6 is 0 Å². The van der Waals surface area contributed by atoms with Crippen LogP contribution in [0.25, 0.3) is 0 Å². The van der Waals surface area contributed by atoms with E-state index in [1.54, 1.807) is 6.07 Å². The zero-order valence-electron chi connectivity index (χ0n) is 9.98. The predicted octanol–water partition coefficient (Wildman–Crippen LogP) is 4.70. The van der Waals surface area contributed by atoms with Crippen LogP contribution in [0, 0.1) is 16.7 Å². The molecule has 0 bridgehead atoms. The summed E-state index contributed by atoms with van der Waals surface area (Å²) in [6.45, 7) is -0.226. The van der Waals surface area contributed by atoms with E-state index in [1.165, 1.54) is 0 Å². The third kappa shape index (κ3) is 2.57. The van der Waals surface area contributed by atoms with Gasteiger partial charge in [-0.15, -0.1) is 0 Å². The summed E-state index contributed by atoms with van der Waals surface area (Å²) >= 11 is 0. The van der Waals surface area contributed by atoms with Crippen molar-refractivity contribution in [2.24, 2.45) is 5.41 Å². The van der Waals surface area contributed by atoms with Gasteiger partial charge in [0, 0.05) is 0 Å². The van der Waals surface area contributed by atoms with Gasteiger partial charge in [-0.1, -0.05) is 12.1 Å². The molecule has 1 rings (SSSR count). The Kier molecular flexibility index (Phi) is 4.04. The monoisotopic (exact) mass is 299 g/mol. The van der Waals surface area contributed by atoms with Crippen LogP contribution in [0.4, 0.5) is 30.7 Å². The van der Waals surface area contributed by atoms with Gasteiger partial charge in [0.1, 0.15) is 6.17 Å². The molecule has 0 N–H and O–H groups in total. The minimum absolute atomic E-state index is 0.00155. The van der Waals surface area contributed by atoms with Gasteiger partial charge in [-0.05, 0) is 24.6 Å². The number of hydrogen-bond acceptors (Lipinski definition) is 1. The SMILES string of the molecule is CC(C(F)c1ccc(C#N)cc1)(C(F)(F)F)C(F)(F)F. The maximum absolute atomic E-state index is 13.9. The van der Waals surface area contributed by atoms with Crippen molar-refractivity contribution in [3.05, 3.63) is 35.4 Å². The summed E-state index contributed by atoms with van der Waals surface area (Å²) in [4.78, 5) is 0. The zero-order valence-corrected chi connectivity index (χ0v) is 9.98. The van der Waals surface area contributed by atoms with Crippen LogP contribution < -0.4 is 0 Å². The van der Waals surface area contributed by atoms with E-state index in [1.807, 2.05) is 0 Å². The van der Waals surface area contributed by atoms with Crippen LogP contribution in [0.1, 0.15) is 24.2 Å². The van der Waals surface area contributed by atoms with Gasteiger partial charge in [0.05, 0.1) is 11.6 Å². The lowest BCUT2D eigenvalue weighted by Crippen LogP contribution is -2.50. The lowest BCUT2D eigenvalue weighted by atomic mass is 9.80. The fourth-order valence-electron chi connectivity index (χ4n) is 1.51. The first-order valence-corrected chi connectivity index (χ1v) is 5.22. The molecule has 0 aliphatic heterocycles. The van der Waals surface area contributed by atoms with E-state index in [4.69, 9.17) is 5.26 Å². The molecule has 110 valence electrons. The molecule has 1 unspecified atom stereocenters. The maximum atomic E-state index is 13.9. The average molecular weight is 299 g/mol. The number of halogens is 7. The second kappa shape index (κ2) is 4.96. The number of hydrogen-bond donors (Lipinski definition) is 0. The van der Waals surface area contributed by atoms with E-state index in [-0.39, 0.29) is 12.5 Å². The predicted molar refractivity (Wildman–Crippen MR) is 55.2 cm³/mol. The molecule has 0 saturated heterocycles. The summed E-state index contributed by atoms with van der Waals surface area (Å²) in [6, 6.07) is 5.00. The van der Waals surface area contributed by atoms with Gasteiger partial charge >= 0.3 is 12.4 Å². The van der Waals surface area contributed by atoms with Gasteiger partial charge in [-0.2, -0.15) is 31.6 Å². The molecule has 0 aromatic heterocycles. The summed E-state index contributed by atoms with van der Waals surface area (Å²) in [7, 11) is 0. The van der Waals surface area contributed by atoms with Crippen molar-refractivity contribution in [3.63, 3.8) is 0 Å². The Hall–Kier alpha value is -1.78. The highest BCUT2D eigenvalue weighted by Crippen LogP contribution is 2.58. The number of nitriles is 1. The second-order valence-electron chi connectivity index (χ2n) is 4.29. The molecule has 1 nitrogen and oxygen atoms in total. The van der Waals surface area contributed by atoms with Crippen molar-refractivity contribution in [1.82, 2.24) is 0 Å². The number of alkyl halides is 7. The van der Waals surface area contributed by atoms with Crippen molar-refractivity contribution in [1.29, 1.82) is 5.26 Å². The summed E-state index contributed by atoms with van der Waals surface area (Å²) in [5.41, 5.74) is -5.31. The van der Waals surface area contributed by atoms with Crippen molar-refractivity contribution in [3.8, 4) is 6.07 Å². The molecule has 1 atom stereocenters. The molecule has 0 radical (unpaired) electrons. The molecule has 8 heteroatoms. The number of benzene rings is 1. The Bertz CT molecular complexity index is 493. The first-order valence-electron chi connectivity index (χ1n) is 5.22. The van der Waals surface area contributed by atoms with Crippen LogP contribution in [-0.2, 0) is 0 Å². The number of rotatable bonds is 2. The van der Waals surface area contributed by atoms with E-state index >= 15 is 0 Å². The molecule has 0 spiro atoms. The van der Waals surface area contributed by atoms with Gasteiger partial charge in [-0.25, -0.2) is 4.39 Å². The molecular formula is C12H8F7N. The van der Waals surface area contributed by atoms with Gasteiger partial charge in [0.15, 0.2) is 5.41 Å². The van der Waals surface area contributed by atoms with Crippen molar-refractivity contribution >= 4 is 0 Å². The zero-order chi connectivity index (χ0) is 15.8. The Morgan fingerprint density at radius 2 is 1.35 bits per heavy atom. The molecule has 0 fully saturated rings. The first kappa shape index (κ1) is 16.3. The van der Waals surface area contributed by atoms with Crippen LogP contribution in [-0.4, -0.2) is 12.4 Å². The molecule has 1 aromatic rings. The number of nitrogens with zero attached hydrogens (tertiary/aromatic N) is 1. The Balaban J connectivity index is 3.32. The van der Waals surface area contributed by atoms with Gasteiger partial charge in [-0.3, -0.25) is 0 Å². The molecule has 0 aliphatic rings. The minimum Gasteiger partial charge on any atom is -0.241 e. The molecule has 20 heavy (non-hydrogen) atoms. The van der Waals surface area contributed by atoms with Crippen LogP contribution in [0.2, 0.25) is 0 Å². The highest BCUT2D eigenvalue weighted by atomic mass is 19.4. The van der Waals surface area contributed by atoms with Gasteiger partial charge in [0.25, 0.3) is 0 Å². The van der Waals surface area contributed by atoms with Crippen molar-refractivity contribution in [2.45, 2.75) is 25.4 Å². The largest absolute Gasteiger partial charge is 0.406 e. The standard InChI is InChI=1S/C12H8F7N/c1-10(11(14,15)16,12(17,18)19)9(13)8-4-2-7(6-20)3-5-8/h2-5,9H,1H3. The first-order chi connectivity index (χ1) is 8.95. The lowest BCUT2D eigenvalue weighted by Gasteiger charge is -2.36. The minimum atomic E-state index is -5.81. The molecular weight excluding hydrogens is 291 g/mol. The summed E-state index contributed by atoms with van der Waals surface area (Å²) in [6.07, 6.45) is -14.9. The van der Waals surface area contributed by atoms with E-state index in [0.717, 1.165) is 24.3 Å². The van der Waals surface area contributed by atoms with Gasteiger partial charge < -0.3 is 0 Å².